The summed E-state index contributed by atoms with van der Waals surface area (Å²) < 4.78 is 1.74. The van der Waals surface area contributed by atoms with Crippen LogP contribution in [0.2, 0.25) is 0 Å². The molecule has 1 aromatic heterocycles. The summed E-state index contributed by atoms with van der Waals surface area (Å²) in [4.78, 5) is 11.8. The van der Waals surface area contributed by atoms with Gasteiger partial charge < -0.3 is 15.7 Å². The Hall–Kier alpha value is -1.56. The lowest BCUT2D eigenvalue weighted by atomic mass is 9.99. The molecular weight excluding hydrogens is 244 g/mol. The van der Waals surface area contributed by atoms with Gasteiger partial charge in [-0.25, -0.2) is 4.79 Å². The van der Waals surface area contributed by atoms with Crippen LogP contribution in [-0.2, 0) is 13.5 Å². The fourth-order valence-corrected chi connectivity index (χ4v) is 2.58. The maximum Gasteiger partial charge on any atom is 0.315 e. The normalized spacial score (nSPS) is 17.4. The van der Waals surface area contributed by atoms with Gasteiger partial charge in [-0.1, -0.05) is 12.8 Å². The molecule has 0 bridgehead atoms. The van der Waals surface area contributed by atoms with Crippen LogP contribution in [0.3, 0.4) is 0 Å². The van der Waals surface area contributed by atoms with E-state index in [0.29, 0.717) is 6.54 Å². The van der Waals surface area contributed by atoms with Gasteiger partial charge in [-0.15, -0.1) is 0 Å². The van der Waals surface area contributed by atoms with Crippen molar-refractivity contribution >= 4 is 6.03 Å². The van der Waals surface area contributed by atoms with Crippen LogP contribution in [0.25, 0.3) is 0 Å². The Morgan fingerprint density at radius 3 is 2.84 bits per heavy atom. The topological polar surface area (TPSA) is 79.2 Å². The molecule has 1 aromatic rings. The van der Waals surface area contributed by atoms with Crippen LogP contribution in [-0.4, -0.2) is 39.6 Å². The molecule has 106 valence electrons. The number of urea groups is 1. The Bertz CT molecular complexity index is 424. The van der Waals surface area contributed by atoms with E-state index < -0.39 is 5.54 Å². The van der Waals surface area contributed by atoms with Gasteiger partial charge in [0.2, 0.25) is 0 Å². The van der Waals surface area contributed by atoms with Gasteiger partial charge in [0.15, 0.2) is 0 Å². The molecule has 1 heterocycles. The van der Waals surface area contributed by atoms with Crippen LogP contribution in [0.4, 0.5) is 4.79 Å². The summed E-state index contributed by atoms with van der Waals surface area (Å²) in [6, 6.07) is -0.195. The number of amides is 2. The zero-order valence-electron chi connectivity index (χ0n) is 11.4. The molecule has 0 aromatic carbocycles. The predicted octanol–water partition coefficient (Wildman–Crippen LogP) is 0.567. The molecule has 0 atom stereocenters. The van der Waals surface area contributed by atoms with Gasteiger partial charge in [-0.2, -0.15) is 5.10 Å². The second kappa shape index (κ2) is 6.06. The standard InChI is InChI=1S/C13H22N4O2/c1-17-9-11(8-15-17)4-7-14-12(19)16-13(10-18)5-2-3-6-13/h8-9,18H,2-7,10H2,1H3,(H2,14,16,19). The SMILES string of the molecule is Cn1cc(CCNC(=O)NC2(CO)CCCC2)cn1. The monoisotopic (exact) mass is 266 g/mol. The number of aromatic nitrogens is 2. The molecule has 1 saturated carbocycles. The average Bonchev–Trinajstić information content (AvgIpc) is 2.99. The van der Waals surface area contributed by atoms with Crippen molar-refractivity contribution in [2.45, 2.75) is 37.6 Å². The van der Waals surface area contributed by atoms with Crippen molar-refractivity contribution < 1.29 is 9.90 Å². The fraction of sp³-hybridized carbons (Fsp3) is 0.692. The van der Waals surface area contributed by atoms with Crippen molar-refractivity contribution in [1.82, 2.24) is 20.4 Å². The van der Waals surface area contributed by atoms with E-state index in [4.69, 9.17) is 0 Å². The third-order valence-electron chi connectivity index (χ3n) is 3.70. The molecule has 2 rings (SSSR count). The molecular formula is C13H22N4O2. The van der Waals surface area contributed by atoms with Crippen molar-refractivity contribution in [2.75, 3.05) is 13.2 Å². The van der Waals surface area contributed by atoms with Crippen LogP contribution in [0.1, 0.15) is 31.2 Å². The van der Waals surface area contributed by atoms with E-state index >= 15 is 0 Å². The molecule has 0 unspecified atom stereocenters. The van der Waals surface area contributed by atoms with Gasteiger partial charge in [0.05, 0.1) is 18.3 Å². The van der Waals surface area contributed by atoms with E-state index in [1.165, 1.54) is 0 Å². The molecule has 0 spiro atoms. The molecule has 19 heavy (non-hydrogen) atoms. The van der Waals surface area contributed by atoms with E-state index in [1.807, 2.05) is 13.2 Å². The molecule has 0 saturated heterocycles. The van der Waals surface area contributed by atoms with Crippen molar-refractivity contribution in [1.29, 1.82) is 0 Å². The van der Waals surface area contributed by atoms with Crippen molar-refractivity contribution in [3.05, 3.63) is 18.0 Å². The number of hydrogen-bond donors (Lipinski definition) is 3. The Morgan fingerprint density at radius 2 is 2.26 bits per heavy atom. The highest BCUT2D eigenvalue weighted by Gasteiger charge is 2.34. The number of aliphatic hydroxyl groups is 1. The molecule has 1 fully saturated rings. The third kappa shape index (κ3) is 3.70. The van der Waals surface area contributed by atoms with E-state index in [-0.39, 0.29) is 12.6 Å². The van der Waals surface area contributed by atoms with Crippen LogP contribution < -0.4 is 10.6 Å². The van der Waals surface area contributed by atoms with Gasteiger partial charge in [0, 0.05) is 19.8 Å². The highest BCUT2D eigenvalue weighted by atomic mass is 16.3. The maximum atomic E-state index is 11.8. The lowest BCUT2D eigenvalue weighted by Crippen LogP contribution is -2.53. The number of nitrogens with zero attached hydrogens (tertiary/aromatic N) is 2. The Labute approximate surface area is 113 Å². The van der Waals surface area contributed by atoms with Crippen molar-refractivity contribution in [3.63, 3.8) is 0 Å². The first kappa shape index (κ1) is 13.9. The highest BCUT2D eigenvalue weighted by molar-refractivity contribution is 5.74. The first-order valence-corrected chi connectivity index (χ1v) is 6.78. The van der Waals surface area contributed by atoms with Crippen LogP contribution >= 0.6 is 0 Å². The quantitative estimate of drug-likeness (QED) is 0.729. The number of carbonyl (C=O) groups excluding carboxylic acids is 1. The molecule has 0 aliphatic heterocycles. The highest BCUT2D eigenvalue weighted by Crippen LogP contribution is 2.28. The fourth-order valence-electron chi connectivity index (χ4n) is 2.58. The summed E-state index contributed by atoms with van der Waals surface area (Å²) in [6.07, 6.45) is 8.34. The minimum absolute atomic E-state index is 0.0169. The minimum Gasteiger partial charge on any atom is -0.394 e. The Kier molecular flexibility index (Phi) is 4.42. The maximum absolute atomic E-state index is 11.8. The minimum atomic E-state index is -0.404. The summed E-state index contributed by atoms with van der Waals surface area (Å²) in [5.74, 6) is 0. The summed E-state index contributed by atoms with van der Waals surface area (Å²) in [7, 11) is 1.87. The molecule has 6 nitrogen and oxygen atoms in total. The number of nitrogens with one attached hydrogen (secondary N) is 2. The molecule has 1 aliphatic carbocycles. The summed E-state index contributed by atoms with van der Waals surface area (Å²) >= 11 is 0. The number of aliphatic hydroxyl groups excluding tert-OH is 1. The number of aryl methyl sites for hydroxylation is 1. The third-order valence-corrected chi connectivity index (χ3v) is 3.70. The van der Waals surface area contributed by atoms with Gasteiger partial charge >= 0.3 is 6.03 Å². The predicted molar refractivity (Wildman–Crippen MR) is 71.7 cm³/mol. The van der Waals surface area contributed by atoms with Gasteiger partial charge in [0.1, 0.15) is 0 Å². The van der Waals surface area contributed by atoms with Crippen LogP contribution in [0.15, 0.2) is 12.4 Å². The zero-order valence-corrected chi connectivity index (χ0v) is 11.4. The second-order valence-electron chi connectivity index (χ2n) is 5.30. The summed E-state index contributed by atoms with van der Waals surface area (Å²) in [5, 5.41) is 19.2. The van der Waals surface area contributed by atoms with Crippen LogP contribution in [0.5, 0.6) is 0 Å². The van der Waals surface area contributed by atoms with E-state index in [1.54, 1.807) is 10.9 Å². The lowest BCUT2D eigenvalue weighted by Gasteiger charge is -2.27. The Morgan fingerprint density at radius 1 is 1.53 bits per heavy atom. The van der Waals surface area contributed by atoms with Crippen LogP contribution in [0, 0.1) is 0 Å². The van der Waals surface area contributed by atoms with Gasteiger partial charge in [0.25, 0.3) is 0 Å². The van der Waals surface area contributed by atoms with E-state index in [2.05, 4.69) is 15.7 Å². The first-order valence-electron chi connectivity index (χ1n) is 6.78. The molecule has 0 radical (unpaired) electrons. The van der Waals surface area contributed by atoms with Crippen molar-refractivity contribution in [3.8, 4) is 0 Å². The summed E-state index contributed by atoms with van der Waals surface area (Å²) in [6.45, 7) is 0.585. The van der Waals surface area contributed by atoms with E-state index in [9.17, 15) is 9.90 Å². The Balaban J connectivity index is 1.72. The average molecular weight is 266 g/mol. The number of hydrogen-bond acceptors (Lipinski definition) is 3. The molecule has 6 heteroatoms. The van der Waals surface area contributed by atoms with Gasteiger partial charge in [-0.05, 0) is 24.8 Å². The van der Waals surface area contributed by atoms with Gasteiger partial charge in [-0.3, -0.25) is 4.68 Å². The number of carbonyl (C=O) groups is 1. The second-order valence-corrected chi connectivity index (χ2v) is 5.30. The smallest absolute Gasteiger partial charge is 0.315 e. The first-order chi connectivity index (χ1) is 9.13. The largest absolute Gasteiger partial charge is 0.394 e. The summed E-state index contributed by atoms with van der Waals surface area (Å²) in [5.41, 5.74) is 0.693. The lowest BCUT2D eigenvalue weighted by molar-refractivity contribution is 0.163. The zero-order chi connectivity index (χ0) is 13.7. The number of rotatable bonds is 5. The molecule has 2 amide bonds. The van der Waals surface area contributed by atoms with E-state index in [0.717, 1.165) is 37.7 Å². The van der Waals surface area contributed by atoms with Crippen molar-refractivity contribution in [2.24, 2.45) is 7.05 Å². The molecule has 1 aliphatic rings. The molecule has 3 N–H and O–H groups in total.